The van der Waals surface area contributed by atoms with Gasteiger partial charge in [-0.25, -0.2) is 0 Å². The first-order valence-corrected chi connectivity index (χ1v) is 4.23. The zero-order valence-electron chi connectivity index (χ0n) is 7.01. The van der Waals surface area contributed by atoms with E-state index in [-0.39, 0.29) is 0 Å². The number of rotatable bonds is 4. The van der Waals surface area contributed by atoms with E-state index in [1.165, 1.54) is 12.8 Å². The van der Waals surface area contributed by atoms with E-state index >= 15 is 0 Å². The predicted octanol–water partition coefficient (Wildman–Crippen LogP) is 0.888. The fourth-order valence-corrected chi connectivity index (χ4v) is 1.69. The molecule has 3 unspecified atom stereocenters. The minimum Gasteiger partial charge on any atom is -0.271 e. The Hall–Kier alpha value is -0.520. The SMILES string of the molecule is C#CCC(NN)C1CC1CC. The van der Waals surface area contributed by atoms with Gasteiger partial charge in [0.1, 0.15) is 0 Å². The first-order valence-electron chi connectivity index (χ1n) is 4.23. The Morgan fingerprint density at radius 1 is 1.82 bits per heavy atom. The molecule has 1 aliphatic rings. The van der Waals surface area contributed by atoms with Crippen molar-refractivity contribution in [2.45, 2.75) is 32.2 Å². The molecule has 0 radical (unpaired) electrons. The Labute approximate surface area is 68.5 Å². The highest BCUT2D eigenvalue weighted by atomic mass is 15.2. The van der Waals surface area contributed by atoms with Crippen LogP contribution in [0.25, 0.3) is 0 Å². The van der Waals surface area contributed by atoms with E-state index in [0.717, 1.165) is 18.3 Å². The molecule has 1 saturated carbocycles. The van der Waals surface area contributed by atoms with Crippen molar-refractivity contribution in [1.82, 2.24) is 5.43 Å². The summed E-state index contributed by atoms with van der Waals surface area (Å²) in [5, 5.41) is 0. The van der Waals surface area contributed by atoms with Crippen LogP contribution in [-0.4, -0.2) is 6.04 Å². The molecule has 0 aromatic carbocycles. The highest BCUT2D eigenvalue weighted by molar-refractivity contribution is 4.99. The van der Waals surface area contributed by atoms with Crippen LogP contribution in [0.15, 0.2) is 0 Å². The first kappa shape index (κ1) is 8.58. The van der Waals surface area contributed by atoms with E-state index in [0.29, 0.717) is 6.04 Å². The molecule has 3 atom stereocenters. The second-order valence-corrected chi connectivity index (χ2v) is 3.25. The average molecular weight is 152 g/mol. The second kappa shape index (κ2) is 3.75. The molecule has 11 heavy (non-hydrogen) atoms. The summed E-state index contributed by atoms with van der Waals surface area (Å²) >= 11 is 0. The van der Waals surface area contributed by atoms with E-state index in [1.54, 1.807) is 0 Å². The topological polar surface area (TPSA) is 38.0 Å². The molecular weight excluding hydrogens is 136 g/mol. The third-order valence-electron chi connectivity index (χ3n) is 2.57. The largest absolute Gasteiger partial charge is 0.271 e. The molecule has 0 spiro atoms. The Morgan fingerprint density at radius 2 is 2.55 bits per heavy atom. The molecule has 0 saturated heterocycles. The zero-order valence-corrected chi connectivity index (χ0v) is 7.01. The summed E-state index contributed by atoms with van der Waals surface area (Å²) in [4.78, 5) is 0. The van der Waals surface area contributed by atoms with E-state index in [9.17, 15) is 0 Å². The summed E-state index contributed by atoms with van der Waals surface area (Å²) < 4.78 is 0. The van der Waals surface area contributed by atoms with Gasteiger partial charge in [0.15, 0.2) is 0 Å². The number of nitrogens with two attached hydrogens (primary N) is 1. The minimum atomic E-state index is 0.352. The zero-order chi connectivity index (χ0) is 8.27. The van der Waals surface area contributed by atoms with Crippen LogP contribution in [0, 0.1) is 24.2 Å². The van der Waals surface area contributed by atoms with Crippen LogP contribution in [0.2, 0.25) is 0 Å². The van der Waals surface area contributed by atoms with E-state index in [4.69, 9.17) is 12.3 Å². The first-order chi connectivity index (χ1) is 5.33. The van der Waals surface area contributed by atoms with Crippen LogP contribution >= 0.6 is 0 Å². The standard InChI is InChI=1S/C9H16N2/c1-3-5-9(11-10)8-6-7(8)4-2/h1,7-9,11H,4-6,10H2,2H3. The Bertz CT molecular complexity index is 159. The molecule has 0 bridgehead atoms. The highest BCUT2D eigenvalue weighted by Gasteiger charge is 2.40. The molecule has 62 valence electrons. The van der Waals surface area contributed by atoms with Gasteiger partial charge in [0.25, 0.3) is 0 Å². The highest BCUT2D eigenvalue weighted by Crippen LogP contribution is 2.43. The quantitative estimate of drug-likeness (QED) is 0.356. The van der Waals surface area contributed by atoms with Crippen molar-refractivity contribution in [1.29, 1.82) is 0 Å². The fraction of sp³-hybridized carbons (Fsp3) is 0.778. The van der Waals surface area contributed by atoms with Gasteiger partial charge in [-0.1, -0.05) is 13.3 Å². The van der Waals surface area contributed by atoms with Crippen molar-refractivity contribution in [2.75, 3.05) is 0 Å². The minimum absolute atomic E-state index is 0.352. The van der Waals surface area contributed by atoms with Gasteiger partial charge in [0.2, 0.25) is 0 Å². The third kappa shape index (κ3) is 1.95. The summed E-state index contributed by atoms with van der Waals surface area (Å²) in [5.74, 6) is 9.62. The molecular formula is C9H16N2. The smallest absolute Gasteiger partial charge is 0.0350 e. The molecule has 2 heteroatoms. The van der Waals surface area contributed by atoms with Crippen molar-refractivity contribution < 1.29 is 0 Å². The maximum atomic E-state index is 5.37. The molecule has 2 nitrogen and oxygen atoms in total. The van der Waals surface area contributed by atoms with E-state index in [1.807, 2.05) is 0 Å². The Balaban J connectivity index is 2.29. The van der Waals surface area contributed by atoms with Gasteiger partial charge < -0.3 is 0 Å². The van der Waals surface area contributed by atoms with E-state index < -0.39 is 0 Å². The number of terminal acetylenes is 1. The maximum Gasteiger partial charge on any atom is 0.0350 e. The Morgan fingerprint density at radius 3 is 2.91 bits per heavy atom. The maximum absolute atomic E-state index is 5.37. The summed E-state index contributed by atoms with van der Waals surface area (Å²) in [6, 6.07) is 0.352. The second-order valence-electron chi connectivity index (χ2n) is 3.25. The molecule has 0 aliphatic heterocycles. The van der Waals surface area contributed by atoms with Crippen LogP contribution in [0.5, 0.6) is 0 Å². The Kier molecular flexibility index (Phi) is 2.92. The molecule has 0 aromatic heterocycles. The van der Waals surface area contributed by atoms with Crippen molar-refractivity contribution in [2.24, 2.45) is 17.7 Å². The number of nitrogens with one attached hydrogen (secondary N) is 1. The van der Waals surface area contributed by atoms with Gasteiger partial charge in [-0.05, 0) is 18.3 Å². The van der Waals surface area contributed by atoms with Crippen LogP contribution in [0.1, 0.15) is 26.2 Å². The van der Waals surface area contributed by atoms with Gasteiger partial charge in [-0.2, -0.15) is 0 Å². The lowest BCUT2D eigenvalue weighted by Gasteiger charge is -2.11. The molecule has 3 N–H and O–H groups in total. The van der Waals surface area contributed by atoms with Crippen LogP contribution in [0.4, 0.5) is 0 Å². The molecule has 0 aromatic rings. The van der Waals surface area contributed by atoms with Crippen molar-refractivity contribution in [3.8, 4) is 12.3 Å². The van der Waals surface area contributed by atoms with Crippen molar-refractivity contribution in [3.63, 3.8) is 0 Å². The summed E-state index contributed by atoms with van der Waals surface area (Å²) in [5.41, 5.74) is 2.79. The fourth-order valence-electron chi connectivity index (χ4n) is 1.69. The van der Waals surface area contributed by atoms with Gasteiger partial charge in [-0.3, -0.25) is 11.3 Å². The van der Waals surface area contributed by atoms with Gasteiger partial charge in [-0.15, -0.1) is 12.3 Å². The van der Waals surface area contributed by atoms with Gasteiger partial charge >= 0.3 is 0 Å². The number of hydrazine groups is 1. The van der Waals surface area contributed by atoms with Gasteiger partial charge in [0.05, 0.1) is 0 Å². The predicted molar refractivity (Wildman–Crippen MR) is 46.4 cm³/mol. The monoisotopic (exact) mass is 152 g/mol. The van der Waals surface area contributed by atoms with Gasteiger partial charge in [0, 0.05) is 12.5 Å². The summed E-state index contributed by atoms with van der Waals surface area (Å²) in [7, 11) is 0. The lowest BCUT2D eigenvalue weighted by Crippen LogP contribution is -2.36. The number of hydrogen-bond acceptors (Lipinski definition) is 2. The number of hydrogen-bond donors (Lipinski definition) is 2. The normalized spacial score (nSPS) is 31.0. The lowest BCUT2D eigenvalue weighted by molar-refractivity contribution is 0.456. The third-order valence-corrected chi connectivity index (χ3v) is 2.57. The summed E-state index contributed by atoms with van der Waals surface area (Å²) in [6.07, 6.45) is 8.53. The summed E-state index contributed by atoms with van der Waals surface area (Å²) in [6.45, 7) is 2.22. The average Bonchev–Trinajstić information content (AvgIpc) is 2.79. The van der Waals surface area contributed by atoms with Crippen LogP contribution in [-0.2, 0) is 0 Å². The van der Waals surface area contributed by atoms with Crippen molar-refractivity contribution in [3.05, 3.63) is 0 Å². The molecule has 1 rings (SSSR count). The lowest BCUT2D eigenvalue weighted by atomic mass is 10.1. The molecule has 0 heterocycles. The van der Waals surface area contributed by atoms with Crippen molar-refractivity contribution >= 4 is 0 Å². The van der Waals surface area contributed by atoms with E-state index in [2.05, 4.69) is 18.3 Å². The molecule has 0 amide bonds. The van der Waals surface area contributed by atoms with Crippen LogP contribution in [0.3, 0.4) is 0 Å². The molecule has 1 aliphatic carbocycles. The molecule has 1 fully saturated rings. The van der Waals surface area contributed by atoms with Crippen LogP contribution < -0.4 is 11.3 Å².